The summed E-state index contributed by atoms with van der Waals surface area (Å²) in [5.74, 6) is 0.512. The Morgan fingerprint density at radius 2 is 2.40 bits per heavy atom. The molecule has 1 aromatic rings. The highest BCUT2D eigenvalue weighted by atomic mass is 15.1. The first kappa shape index (κ1) is 10.4. The van der Waals surface area contributed by atoms with Crippen LogP contribution in [0.4, 0.5) is 0 Å². The zero-order valence-corrected chi connectivity index (χ0v) is 9.48. The van der Waals surface area contributed by atoms with Crippen LogP contribution < -0.4 is 5.73 Å². The van der Waals surface area contributed by atoms with Crippen LogP contribution in [0.25, 0.3) is 6.08 Å². The predicted octanol–water partition coefficient (Wildman–Crippen LogP) is 2.22. The second-order valence-corrected chi connectivity index (χ2v) is 4.54. The molecule has 0 aliphatic heterocycles. The number of hydrogen-bond donors (Lipinski definition) is 1. The Hall–Kier alpha value is -1.09. The van der Waals surface area contributed by atoms with E-state index in [2.05, 4.69) is 29.5 Å². The van der Waals surface area contributed by atoms with E-state index in [0.29, 0.717) is 18.5 Å². The van der Waals surface area contributed by atoms with Gasteiger partial charge < -0.3 is 10.3 Å². The van der Waals surface area contributed by atoms with Gasteiger partial charge in [0.15, 0.2) is 0 Å². The minimum atomic E-state index is 0.512. The fraction of sp³-hybridized carbons (Fsp3) is 0.583. The van der Waals surface area contributed by atoms with Crippen molar-refractivity contribution in [1.82, 2.24) is 9.55 Å². The largest absolute Gasteiger partial charge is 0.328 e. The van der Waals surface area contributed by atoms with Gasteiger partial charge in [0.1, 0.15) is 0 Å². The van der Waals surface area contributed by atoms with Gasteiger partial charge >= 0.3 is 0 Å². The molecule has 0 amide bonds. The molecule has 1 aliphatic rings. The molecule has 3 nitrogen and oxygen atoms in total. The summed E-state index contributed by atoms with van der Waals surface area (Å²) in [4.78, 5) is 4.21. The van der Waals surface area contributed by atoms with Gasteiger partial charge in [0.2, 0.25) is 0 Å². The van der Waals surface area contributed by atoms with Crippen molar-refractivity contribution in [1.29, 1.82) is 0 Å². The monoisotopic (exact) mass is 205 g/mol. The average Bonchev–Trinajstić information content (AvgIpc) is 2.95. The number of rotatable bonds is 4. The number of hydrogen-bond acceptors (Lipinski definition) is 2. The average molecular weight is 205 g/mol. The summed E-state index contributed by atoms with van der Waals surface area (Å²) in [6.45, 7) is 4.99. The summed E-state index contributed by atoms with van der Waals surface area (Å²) in [6, 6.07) is 0.685. The van der Waals surface area contributed by atoms with Gasteiger partial charge in [-0.3, -0.25) is 0 Å². The lowest BCUT2D eigenvalue weighted by Gasteiger charge is -2.09. The van der Waals surface area contributed by atoms with E-state index in [1.165, 1.54) is 24.1 Å². The van der Waals surface area contributed by atoms with Crippen LogP contribution in [0.2, 0.25) is 0 Å². The zero-order chi connectivity index (χ0) is 10.8. The van der Waals surface area contributed by atoms with Crippen LogP contribution in [0.15, 0.2) is 18.1 Å². The first-order chi connectivity index (χ1) is 7.22. The van der Waals surface area contributed by atoms with Crippen molar-refractivity contribution < 1.29 is 0 Å². The Bertz CT molecular complexity index is 359. The molecular weight excluding hydrogens is 186 g/mol. The molecule has 0 saturated heterocycles. The molecule has 0 bridgehead atoms. The molecule has 1 heterocycles. The van der Waals surface area contributed by atoms with Gasteiger partial charge in [0.05, 0.1) is 18.2 Å². The highest BCUT2D eigenvalue weighted by Gasteiger charge is 2.24. The van der Waals surface area contributed by atoms with Gasteiger partial charge in [0, 0.05) is 12.6 Å². The van der Waals surface area contributed by atoms with Crippen LogP contribution in [0, 0.1) is 5.92 Å². The van der Waals surface area contributed by atoms with Crippen molar-refractivity contribution in [2.75, 3.05) is 6.54 Å². The van der Waals surface area contributed by atoms with Crippen molar-refractivity contribution in [3.8, 4) is 0 Å². The van der Waals surface area contributed by atoms with E-state index >= 15 is 0 Å². The number of nitrogens with two attached hydrogens (primary N) is 1. The molecule has 0 spiro atoms. The van der Waals surface area contributed by atoms with Gasteiger partial charge in [-0.05, 0) is 24.8 Å². The molecular formula is C12H19N3. The summed E-state index contributed by atoms with van der Waals surface area (Å²) in [5, 5.41) is 0. The number of nitrogens with zero attached hydrogens (tertiary/aromatic N) is 2. The van der Waals surface area contributed by atoms with E-state index in [9.17, 15) is 0 Å². The maximum Gasteiger partial charge on any atom is 0.0953 e. The Morgan fingerprint density at radius 3 is 2.93 bits per heavy atom. The van der Waals surface area contributed by atoms with Crippen molar-refractivity contribution in [3.05, 3.63) is 23.8 Å². The van der Waals surface area contributed by atoms with E-state index in [0.717, 1.165) is 0 Å². The van der Waals surface area contributed by atoms with Crippen molar-refractivity contribution in [3.63, 3.8) is 0 Å². The molecule has 1 fully saturated rings. The molecule has 82 valence electrons. The van der Waals surface area contributed by atoms with E-state index in [1.807, 2.05) is 12.5 Å². The Morgan fingerprint density at radius 1 is 1.67 bits per heavy atom. The molecule has 0 atom stereocenters. The Kier molecular flexibility index (Phi) is 2.91. The van der Waals surface area contributed by atoms with Crippen LogP contribution in [0.1, 0.15) is 38.4 Å². The van der Waals surface area contributed by atoms with Crippen molar-refractivity contribution in [2.45, 2.75) is 32.7 Å². The fourth-order valence-electron chi connectivity index (χ4n) is 1.74. The molecule has 3 heteroatoms. The first-order valence-corrected chi connectivity index (χ1v) is 5.64. The molecule has 2 rings (SSSR count). The highest BCUT2D eigenvalue weighted by Crippen LogP contribution is 2.36. The number of imidazole rings is 1. The molecule has 0 aromatic carbocycles. The fourth-order valence-corrected chi connectivity index (χ4v) is 1.74. The van der Waals surface area contributed by atoms with Gasteiger partial charge in [-0.15, -0.1) is 0 Å². The SMILES string of the molecule is CC(C)C(=Cc1cncn1C1CC1)CN. The summed E-state index contributed by atoms with van der Waals surface area (Å²) in [6.07, 6.45) is 8.62. The maximum absolute atomic E-state index is 5.73. The van der Waals surface area contributed by atoms with Crippen molar-refractivity contribution >= 4 is 6.08 Å². The normalized spacial score (nSPS) is 17.5. The summed E-state index contributed by atoms with van der Waals surface area (Å²) in [7, 11) is 0. The van der Waals surface area contributed by atoms with E-state index in [-0.39, 0.29) is 0 Å². The van der Waals surface area contributed by atoms with Crippen LogP contribution in [-0.2, 0) is 0 Å². The lowest BCUT2D eigenvalue weighted by molar-refractivity contribution is 0.724. The molecule has 1 saturated carbocycles. The predicted molar refractivity (Wildman–Crippen MR) is 62.4 cm³/mol. The van der Waals surface area contributed by atoms with Crippen LogP contribution in [0.5, 0.6) is 0 Å². The van der Waals surface area contributed by atoms with E-state index in [4.69, 9.17) is 5.73 Å². The second-order valence-electron chi connectivity index (χ2n) is 4.54. The van der Waals surface area contributed by atoms with Gasteiger partial charge in [-0.1, -0.05) is 19.4 Å². The summed E-state index contributed by atoms with van der Waals surface area (Å²) >= 11 is 0. The lowest BCUT2D eigenvalue weighted by atomic mass is 10.0. The minimum Gasteiger partial charge on any atom is -0.328 e. The van der Waals surface area contributed by atoms with Gasteiger partial charge in [-0.25, -0.2) is 4.98 Å². The summed E-state index contributed by atoms with van der Waals surface area (Å²) < 4.78 is 2.26. The third-order valence-corrected chi connectivity index (χ3v) is 2.95. The van der Waals surface area contributed by atoms with Crippen LogP contribution >= 0.6 is 0 Å². The maximum atomic E-state index is 5.73. The minimum absolute atomic E-state index is 0.512. The first-order valence-electron chi connectivity index (χ1n) is 5.64. The van der Waals surface area contributed by atoms with Gasteiger partial charge in [0.25, 0.3) is 0 Å². The van der Waals surface area contributed by atoms with Crippen LogP contribution in [-0.4, -0.2) is 16.1 Å². The quantitative estimate of drug-likeness (QED) is 0.819. The zero-order valence-electron chi connectivity index (χ0n) is 9.48. The third-order valence-electron chi connectivity index (χ3n) is 2.95. The van der Waals surface area contributed by atoms with Gasteiger partial charge in [-0.2, -0.15) is 0 Å². The third kappa shape index (κ3) is 2.29. The van der Waals surface area contributed by atoms with Crippen molar-refractivity contribution in [2.24, 2.45) is 11.7 Å². The Labute approximate surface area is 91.0 Å². The lowest BCUT2D eigenvalue weighted by Crippen LogP contribution is -2.08. The highest BCUT2D eigenvalue weighted by molar-refractivity contribution is 5.50. The van der Waals surface area contributed by atoms with E-state index < -0.39 is 0 Å². The topological polar surface area (TPSA) is 43.8 Å². The molecule has 0 radical (unpaired) electrons. The molecule has 1 aromatic heterocycles. The molecule has 0 unspecified atom stereocenters. The second kappa shape index (κ2) is 4.19. The smallest absolute Gasteiger partial charge is 0.0953 e. The van der Waals surface area contributed by atoms with E-state index in [1.54, 1.807) is 0 Å². The van der Waals surface area contributed by atoms with Crippen LogP contribution in [0.3, 0.4) is 0 Å². The Balaban J connectivity index is 2.24. The number of aromatic nitrogens is 2. The molecule has 1 aliphatic carbocycles. The molecule has 15 heavy (non-hydrogen) atoms. The standard InChI is InChI=1S/C12H19N3/c1-9(2)10(6-13)5-12-7-14-8-15(12)11-3-4-11/h5,7-9,11H,3-4,6,13H2,1-2H3. The molecule has 2 N–H and O–H groups in total. The summed E-state index contributed by atoms with van der Waals surface area (Å²) in [5.41, 5.74) is 8.22.